The lowest BCUT2D eigenvalue weighted by Crippen LogP contribution is -2.35. The molecule has 23 nitrogen and oxygen atoms in total. The van der Waals surface area contributed by atoms with Gasteiger partial charge in [0.15, 0.2) is 6.29 Å². The molecule has 23 heteroatoms. The molecular weight excluding hydrogens is 1450 g/mol. The maximum absolute atomic E-state index is 11.7. The van der Waals surface area contributed by atoms with E-state index in [0.29, 0.717) is 71.5 Å². The van der Waals surface area contributed by atoms with Crippen LogP contribution in [0.5, 0.6) is 0 Å². The van der Waals surface area contributed by atoms with E-state index in [1.165, 1.54) is 39.7 Å². The Hall–Kier alpha value is -5.42. The molecule has 7 aliphatic carbocycles. The number of carbonyl (C=O) groups is 10. The average Bonchev–Trinajstić information content (AvgIpc) is 1.67. The lowest BCUT2D eigenvalue weighted by Gasteiger charge is -2.32. The van der Waals surface area contributed by atoms with E-state index >= 15 is 0 Å². The third-order valence-corrected chi connectivity index (χ3v) is 28.7. The topological polar surface area (TPSA) is 390 Å². The molecule has 28 atom stereocenters. The van der Waals surface area contributed by atoms with Crippen LogP contribution in [0.1, 0.15) is 330 Å². The summed E-state index contributed by atoms with van der Waals surface area (Å²) < 4.78 is 21.8. The third-order valence-electron chi connectivity index (χ3n) is 28.7. The SMILES string of the molecule is CCC1CC(CC)C(C(=O)O)C1C.CCC1CC(CC)C(C(=O)O)C1C(=O)O.CCC1CC(CC)C(C(=O)OC)C1C(=O)O.CCC1CC(CC)C(C(CC(=O)O)OC(C)=O)C1.CCC1CC(CC)C(C(CC(=O)O)OC2CCCCO2)C1.CCC1CC(CC)C(C)(C(=O)O)C1.CCC1CC(CC)C(CC(C)(O)CC(=O)O)C1. The van der Waals surface area contributed by atoms with Crippen LogP contribution in [0.25, 0.3) is 0 Å². The Morgan fingerprint density at radius 2 is 0.814 bits per heavy atom. The summed E-state index contributed by atoms with van der Waals surface area (Å²) in [5.74, 6) is -2.07. The van der Waals surface area contributed by atoms with E-state index in [9.17, 15) is 68.4 Å². The maximum Gasteiger partial charge on any atom is 0.309 e. The van der Waals surface area contributed by atoms with Crippen molar-refractivity contribution in [3.8, 4) is 0 Å². The molecular formula is C90H158O23. The van der Waals surface area contributed by atoms with Gasteiger partial charge < -0.3 is 64.9 Å². The van der Waals surface area contributed by atoms with Crippen molar-refractivity contribution in [2.24, 2.45) is 142 Å². The van der Waals surface area contributed by atoms with Gasteiger partial charge in [-0.25, -0.2) is 0 Å². The van der Waals surface area contributed by atoms with Gasteiger partial charge in [-0.1, -0.05) is 194 Å². The summed E-state index contributed by atoms with van der Waals surface area (Å²) >= 11 is 0. The molecule has 1 saturated heterocycles. The molecule has 1 aliphatic heterocycles. The number of hydrogen-bond acceptors (Lipinski definition) is 15. The summed E-state index contributed by atoms with van der Waals surface area (Å²) in [6.45, 7) is 37.3. The van der Waals surface area contributed by atoms with Crippen LogP contribution in [0.3, 0.4) is 0 Å². The van der Waals surface area contributed by atoms with Crippen LogP contribution in [0, 0.1) is 142 Å². The fourth-order valence-corrected chi connectivity index (χ4v) is 21.9. The zero-order valence-corrected chi connectivity index (χ0v) is 73.1. The Kier molecular flexibility index (Phi) is 47.4. The summed E-state index contributed by atoms with van der Waals surface area (Å²) in [5, 5.41) is 82.8. The summed E-state index contributed by atoms with van der Waals surface area (Å²) in [6.07, 6.45) is 28.5. The average molecular weight is 1610 g/mol. The highest BCUT2D eigenvalue weighted by atomic mass is 16.7. The van der Waals surface area contributed by atoms with Gasteiger partial charge in [-0.2, -0.15) is 0 Å². The Labute approximate surface area is 678 Å². The second-order valence-electron chi connectivity index (χ2n) is 35.5. The number of carbonyl (C=O) groups excluding carboxylic acids is 2. The quantitative estimate of drug-likeness (QED) is 0.0276. The first kappa shape index (κ1) is 104. The largest absolute Gasteiger partial charge is 0.481 e. The van der Waals surface area contributed by atoms with Gasteiger partial charge in [-0.15, -0.1) is 0 Å². The minimum Gasteiger partial charge on any atom is -0.481 e. The van der Waals surface area contributed by atoms with Gasteiger partial charge in [0, 0.05) is 13.5 Å². The molecule has 656 valence electrons. The van der Waals surface area contributed by atoms with Gasteiger partial charge >= 0.3 is 59.7 Å². The number of ether oxygens (including phenoxy) is 4. The lowest BCUT2D eigenvalue weighted by molar-refractivity contribution is -0.204. The first-order valence-electron chi connectivity index (χ1n) is 44.3. The number of aliphatic carboxylic acids is 8. The number of aliphatic hydroxyl groups is 1. The summed E-state index contributed by atoms with van der Waals surface area (Å²) in [6, 6.07) is 0. The van der Waals surface area contributed by atoms with Crippen molar-refractivity contribution >= 4 is 59.7 Å². The summed E-state index contributed by atoms with van der Waals surface area (Å²) in [5.41, 5.74) is -1.50. The van der Waals surface area contributed by atoms with E-state index in [1.807, 2.05) is 34.6 Å². The van der Waals surface area contributed by atoms with Crippen molar-refractivity contribution in [2.75, 3.05) is 13.7 Å². The molecule has 0 radical (unpaired) electrons. The molecule has 8 aliphatic rings. The first-order valence-corrected chi connectivity index (χ1v) is 44.3. The fourth-order valence-electron chi connectivity index (χ4n) is 21.9. The molecule has 9 N–H and O–H groups in total. The Morgan fingerprint density at radius 3 is 1.16 bits per heavy atom. The van der Waals surface area contributed by atoms with Crippen molar-refractivity contribution in [3.63, 3.8) is 0 Å². The highest BCUT2D eigenvalue weighted by Crippen LogP contribution is 2.52. The fraction of sp³-hybridized carbons (Fsp3) is 0.889. The minimum atomic E-state index is -1.05. The standard InChI is InChI=1S/C17H30O4.C14H24O4.C14H26O3.C12H20O4.C11H18O4.2C11H20O2/c1-3-12-9-13(4-2)14(10-12)15(11-16(18)19)21-17-7-5-6-8-20-17;1-4-10-6-11(5-2)12(7-10)13(8-14(16)17)18-9(3)15;1-4-10-6-11(5-2)12(7-10)8-14(3,17)9-13(15)16;1-4-7-6-8(5-2)10(12(15)16-3)9(7)11(13)14;1-3-6-5-7(4-2)9(11(14)15)8(6)10(12)13;1-4-8-6-9(5-2)11(3,7-8)10(12)13;1-4-8-6-9(5-2)10(7(8)3)11(12)13/h12-15,17H,3-11H2,1-2H3,(H,18,19);10-13H,4-8H2,1-3H3,(H,16,17);10-12,17H,4-9H2,1-3H3,(H,15,16);7-10H,4-6H2,1-3H3,(H,13,14);6-9H,3-5H2,1-2H3,(H,12,13)(H,14,15);8-9H,4-7H2,1-3H3,(H,12,13);7-10H,4-6H2,1-3H3,(H,12,13). The van der Waals surface area contributed by atoms with Crippen LogP contribution in [-0.2, 0) is 66.9 Å². The van der Waals surface area contributed by atoms with Gasteiger partial charge in [0.2, 0.25) is 0 Å². The van der Waals surface area contributed by atoms with Crippen molar-refractivity contribution in [2.45, 2.75) is 354 Å². The van der Waals surface area contributed by atoms with E-state index in [1.54, 1.807) is 6.92 Å². The molecule has 0 spiro atoms. The van der Waals surface area contributed by atoms with Crippen molar-refractivity contribution in [3.05, 3.63) is 0 Å². The predicted molar refractivity (Wildman–Crippen MR) is 435 cm³/mol. The number of carboxylic acid groups (broad SMARTS) is 8. The van der Waals surface area contributed by atoms with Crippen LogP contribution in [0.15, 0.2) is 0 Å². The Morgan fingerprint density at radius 1 is 0.434 bits per heavy atom. The van der Waals surface area contributed by atoms with E-state index in [4.69, 9.17) is 44.5 Å². The van der Waals surface area contributed by atoms with Crippen molar-refractivity contribution < 1.29 is 113 Å². The van der Waals surface area contributed by atoms with Gasteiger partial charge in [0.05, 0.1) is 73.1 Å². The van der Waals surface area contributed by atoms with E-state index in [-0.39, 0.29) is 79.1 Å². The Balaban J connectivity index is 0.000000450. The molecule has 0 aromatic heterocycles. The highest BCUT2D eigenvalue weighted by Gasteiger charge is 2.52. The number of methoxy groups -OCH3 is 1. The normalized spacial score (nSPS) is 34.4. The zero-order valence-electron chi connectivity index (χ0n) is 73.1. The van der Waals surface area contributed by atoms with Crippen LogP contribution >= 0.6 is 0 Å². The molecule has 0 aromatic rings. The van der Waals surface area contributed by atoms with E-state index in [0.717, 1.165) is 173 Å². The lowest BCUT2D eigenvalue weighted by atomic mass is 9.78. The molecule has 7 saturated carbocycles. The van der Waals surface area contributed by atoms with Crippen LogP contribution in [-0.4, -0.2) is 143 Å². The van der Waals surface area contributed by atoms with Gasteiger partial charge in [0.25, 0.3) is 0 Å². The van der Waals surface area contributed by atoms with Crippen LogP contribution in [0.4, 0.5) is 0 Å². The van der Waals surface area contributed by atoms with E-state index < -0.39 is 88.5 Å². The van der Waals surface area contributed by atoms with Crippen LogP contribution in [0.2, 0.25) is 0 Å². The molecule has 0 aromatic carbocycles. The van der Waals surface area contributed by atoms with Gasteiger partial charge in [-0.3, -0.25) is 47.9 Å². The molecule has 113 heavy (non-hydrogen) atoms. The van der Waals surface area contributed by atoms with Crippen LogP contribution < -0.4 is 0 Å². The van der Waals surface area contributed by atoms with Crippen molar-refractivity contribution in [1.29, 1.82) is 0 Å². The van der Waals surface area contributed by atoms with Gasteiger partial charge in [0.1, 0.15) is 6.10 Å². The minimum absolute atomic E-state index is 0.0218. The monoisotopic (exact) mass is 1610 g/mol. The molecule has 0 amide bonds. The molecule has 8 rings (SSSR count). The molecule has 1 heterocycles. The number of rotatable bonds is 33. The molecule has 0 bridgehead atoms. The Bertz CT molecular complexity index is 2810. The molecule has 28 unspecified atom stereocenters. The third kappa shape index (κ3) is 31.8. The smallest absolute Gasteiger partial charge is 0.309 e. The van der Waals surface area contributed by atoms with Gasteiger partial charge in [-0.05, 0) is 217 Å². The highest BCUT2D eigenvalue weighted by molar-refractivity contribution is 5.83. The number of esters is 2. The maximum atomic E-state index is 11.7. The second kappa shape index (κ2) is 51.7. The first-order chi connectivity index (χ1) is 53.2. The molecule has 8 fully saturated rings. The van der Waals surface area contributed by atoms with Crippen molar-refractivity contribution in [1.82, 2.24) is 0 Å². The van der Waals surface area contributed by atoms with E-state index in [2.05, 4.69) is 76.2 Å². The zero-order chi connectivity index (χ0) is 85.9. The number of carboxylic acids is 8. The number of hydrogen-bond donors (Lipinski definition) is 9. The second-order valence-corrected chi connectivity index (χ2v) is 35.5. The summed E-state index contributed by atoms with van der Waals surface area (Å²) in [7, 11) is 1.33. The summed E-state index contributed by atoms with van der Waals surface area (Å²) in [4.78, 5) is 111. The predicted octanol–water partition coefficient (Wildman–Crippen LogP) is 19.2.